The van der Waals surface area contributed by atoms with Crippen LogP contribution >= 0.6 is 0 Å². The van der Waals surface area contributed by atoms with Crippen LogP contribution in [0, 0.1) is 34.5 Å². The molecule has 0 aromatic carbocycles. The van der Waals surface area contributed by atoms with E-state index in [1.165, 1.54) is 14.2 Å². The van der Waals surface area contributed by atoms with Crippen LogP contribution in [0.25, 0.3) is 0 Å². The number of allylic oxidation sites excluding steroid dienone is 4. The summed E-state index contributed by atoms with van der Waals surface area (Å²) in [4.78, 5) is 39.6. The van der Waals surface area contributed by atoms with Gasteiger partial charge in [-0.2, -0.15) is 0 Å². The number of hydrogen-bond acceptors (Lipinski definition) is 6. The molecule has 4 rings (SSSR count). The molecule has 0 aromatic rings. The number of methoxy groups -OCH3 is 2. The first kappa shape index (κ1) is 19.2. The van der Waals surface area contributed by atoms with Gasteiger partial charge in [-0.1, -0.05) is 20.8 Å². The van der Waals surface area contributed by atoms with Gasteiger partial charge in [-0.3, -0.25) is 14.4 Å². The quantitative estimate of drug-likeness (QED) is 0.677. The molecular formula is C22H28O6. The highest BCUT2D eigenvalue weighted by Crippen LogP contribution is 2.67. The maximum Gasteiger partial charge on any atom is 0.306 e. The Kier molecular flexibility index (Phi) is 4.08. The van der Waals surface area contributed by atoms with Gasteiger partial charge < -0.3 is 14.2 Å². The van der Waals surface area contributed by atoms with Gasteiger partial charge >= 0.3 is 5.97 Å². The van der Waals surface area contributed by atoms with Gasteiger partial charge in [-0.25, -0.2) is 0 Å². The third-order valence-corrected chi connectivity index (χ3v) is 8.10. The summed E-state index contributed by atoms with van der Waals surface area (Å²) in [5.41, 5.74) is -0.795. The standard InChI is InChI=1S/C22H28O6/c1-10-7-14(26-5)20(25)22(4)12(10)8-15-21(3)13(9-16(23)28-15)11(2)18(27-6)17(24)19(21)22/h7,10,12-13,15,19H,8-9H2,1-6H3/t10-,12+,13-,15-,19-,21+,22+/m0/s1. The molecule has 0 amide bonds. The van der Waals surface area contributed by atoms with Gasteiger partial charge in [0.05, 0.1) is 20.6 Å². The molecule has 1 saturated carbocycles. The van der Waals surface area contributed by atoms with Crippen molar-refractivity contribution in [3.05, 3.63) is 23.2 Å². The summed E-state index contributed by atoms with van der Waals surface area (Å²) in [5.74, 6) is -0.854. The Morgan fingerprint density at radius 1 is 1.14 bits per heavy atom. The van der Waals surface area contributed by atoms with Gasteiger partial charge in [0, 0.05) is 22.7 Å². The minimum absolute atomic E-state index is 0.0204. The number of carbonyl (C=O) groups is 3. The molecule has 1 saturated heterocycles. The number of esters is 1. The fourth-order valence-electron chi connectivity index (χ4n) is 6.81. The molecule has 7 atom stereocenters. The molecule has 6 nitrogen and oxygen atoms in total. The van der Waals surface area contributed by atoms with Crippen LogP contribution in [-0.2, 0) is 28.6 Å². The summed E-state index contributed by atoms with van der Waals surface area (Å²) in [7, 11) is 2.97. The smallest absolute Gasteiger partial charge is 0.306 e. The van der Waals surface area contributed by atoms with Crippen LogP contribution in [-0.4, -0.2) is 37.9 Å². The predicted octanol–water partition coefficient (Wildman–Crippen LogP) is 2.82. The zero-order valence-corrected chi connectivity index (χ0v) is 17.3. The van der Waals surface area contributed by atoms with Crippen molar-refractivity contribution >= 4 is 17.5 Å². The summed E-state index contributed by atoms with van der Waals surface area (Å²) in [6.07, 6.45) is 2.21. The lowest BCUT2D eigenvalue weighted by Crippen LogP contribution is -2.69. The SMILES string of the molecule is COC1=C[C@H](C)[C@H]2C[C@@H]3OC(=O)C[C@H]4C(C)=C(OC)C(=O)[C@H]([C@]2(C)C1=O)[C@@]34C. The second-order valence-electron chi connectivity index (χ2n) is 9.16. The van der Waals surface area contributed by atoms with E-state index in [0.717, 1.165) is 5.57 Å². The van der Waals surface area contributed by atoms with Gasteiger partial charge in [0.1, 0.15) is 6.10 Å². The van der Waals surface area contributed by atoms with E-state index < -0.39 is 22.9 Å². The molecule has 3 aliphatic carbocycles. The van der Waals surface area contributed by atoms with Gasteiger partial charge in [0.2, 0.25) is 11.6 Å². The Bertz CT molecular complexity index is 838. The Balaban J connectivity index is 1.99. The minimum atomic E-state index is -0.936. The van der Waals surface area contributed by atoms with E-state index in [9.17, 15) is 14.4 Å². The first-order chi connectivity index (χ1) is 13.1. The summed E-state index contributed by atoms with van der Waals surface area (Å²) in [6, 6.07) is 0. The normalized spacial score (nSPS) is 45.0. The lowest BCUT2D eigenvalue weighted by molar-refractivity contribution is -0.217. The first-order valence-corrected chi connectivity index (χ1v) is 9.91. The number of ketones is 2. The number of fused-ring (bicyclic) bond motifs is 2. The van der Waals surface area contributed by atoms with Crippen LogP contribution in [0.4, 0.5) is 0 Å². The topological polar surface area (TPSA) is 78.9 Å². The third kappa shape index (κ3) is 2.06. The second kappa shape index (κ2) is 5.94. The van der Waals surface area contributed by atoms with Crippen molar-refractivity contribution in [2.45, 2.75) is 46.6 Å². The van der Waals surface area contributed by atoms with E-state index in [1.807, 2.05) is 33.8 Å². The van der Waals surface area contributed by atoms with E-state index in [0.29, 0.717) is 12.2 Å². The zero-order chi connectivity index (χ0) is 20.6. The minimum Gasteiger partial charge on any atom is -0.493 e. The van der Waals surface area contributed by atoms with Crippen LogP contribution < -0.4 is 0 Å². The molecule has 1 heterocycles. The molecule has 0 unspecified atom stereocenters. The molecule has 1 aliphatic heterocycles. The Morgan fingerprint density at radius 3 is 2.43 bits per heavy atom. The molecule has 6 heteroatoms. The molecule has 4 aliphatic rings. The monoisotopic (exact) mass is 388 g/mol. The van der Waals surface area contributed by atoms with Crippen LogP contribution in [0.3, 0.4) is 0 Å². The first-order valence-electron chi connectivity index (χ1n) is 9.91. The largest absolute Gasteiger partial charge is 0.493 e. The Hall–Kier alpha value is -2.11. The molecule has 0 aromatic heterocycles. The summed E-state index contributed by atoms with van der Waals surface area (Å²) in [6.45, 7) is 7.80. The molecule has 2 fully saturated rings. The number of hydrogen-bond donors (Lipinski definition) is 0. The molecule has 152 valence electrons. The Labute approximate surface area is 165 Å². The van der Waals surface area contributed by atoms with Crippen LogP contribution in [0.1, 0.15) is 40.5 Å². The molecule has 0 N–H and O–H groups in total. The van der Waals surface area contributed by atoms with Crippen molar-refractivity contribution in [1.82, 2.24) is 0 Å². The van der Waals surface area contributed by atoms with Crippen LogP contribution in [0.15, 0.2) is 23.2 Å². The van der Waals surface area contributed by atoms with E-state index in [4.69, 9.17) is 14.2 Å². The van der Waals surface area contributed by atoms with Crippen molar-refractivity contribution in [3.63, 3.8) is 0 Å². The highest BCUT2D eigenvalue weighted by molar-refractivity contribution is 6.07. The van der Waals surface area contributed by atoms with Crippen molar-refractivity contribution in [2.75, 3.05) is 14.2 Å². The van der Waals surface area contributed by atoms with Gasteiger partial charge in [-0.15, -0.1) is 0 Å². The van der Waals surface area contributed by atoms with Crippen LogP contribution in [0.5, 0.6) is 0 Å². The fourth-order valence-corrected chi connectivity index (χ4v) is 6.81. The second-order valence-corrected chi connectivity index (χ2v) is 9.16. The summed E-state index contributed by atoms with van der Waals surface area (Å²) in [5, 5.41) is 0. The van der Waals surface area contributed by atoms with E-state index in [-0.39, 0.29) is 47.5 Å². The number of Topliss-reactive ketones (excluding diaryl/α,β-unsaturated/α-hetero) is 2. The maximum atomic E-state index is 13.7. The van der Waals surface area contributed by atoms with Gasteiger partial charge in [0.15, 0.2) is 11.5 Å². The van der Waals surface area contributed by atoms with E-state index in [1.54, 1.807) is 0 Å². The fraction of sp³-hybridized carbons (Fsp3) is 0.682. The lowest BCUT2D eigenvalue weighted by atomic mass is 9.40. The lowest BCUT2D eigenvalue weighted by Gasteiger charge is -2.64. The maximum absolute atomic E-state index is 13.7. The van der Waals surface area contributed by atoms with Crippen molar-refractivity contribution < 1.29 is 28.6 Å². The molecule has 0 bridgehead atoms. The summed E-state index contributed by atoms with van der Waals surface area (Å²) >= 11 is 0. The van der Waals surface area contributed by atoms with Crippen molar-refractivity contribution in [2.24, 2.45) is 34.5 Å². The highest BCUT2D eigenvalue weighted by Gasteiger charge is 2.72. The number of carbonyl (C=O) groups excluding carboxylic acids is 3. The Morgan fingerprint density at radius 2 is 1.82 bits per heavy atom. The average Bonchev–Trinajstić information content (AvgIpc) is 2.63. The van der Waals surface area contributed by atoms with E-state index in [2.05, 4.69) is 0 Å². The van der Waals surface area contributed by atoms with Gasteiger partial charge in [0.25, 0.3) is 0 Å². The third-order valence-electron chi connectivity index (χ3n) is 8.10. The molecule has 0 spiro atoms. The van der Waals surface area contributed by atoms with E-state index >= 15 is 0 Å². The average molecular weight is 388 g/mol. The van der Waals surface area contributed by atoms with Crippen molar-refractivity contribution in [1.29, 1.82) is 0 Å². The summed E-state index contributed by atoms with van der Waals surface area (Å²) < 4.78 is 16.7. The molecule has 0 radical (unpaired) electrons. The predicted molar refractivity (Wildman–Crippen MR) is 99.8 cm³/mol. The number of rotatable bonds is 2. The highest BCUT2D eigenvalue weighted by atomic mass is 16.5. The molecule has 28 heavy (non-hydrogen) atoms. The van der Waals surface area contributed by atoms with Gasteiger partial charge in [-0.05, 0) is 36.8 Å². The number of ether oxygens (including phenoxy) is 3. The van der Waals surface area contributed by atoms with Crippen LogP contribution in [0.2, 0.25) is 0 Å². The zero-order valence-electron chi connectivity index (χ0n) is 17.3. The molecular weight excluding hydrogens is 360 g/mol. The van der Waals surface area contributed by atoms with Crippen molar-refractivity contribution in [3.8, 4) is 0 Å².